The molecule has 2 aromatic heterocycles. The number of carbonyl (C=O) groups is 1. The van der Waals surface area contributed by atoms with E-state index in [1.54, 1.807) is 12.4 Å². The zero-order valence-electron chi connectivity index (χ0n) is 11.8. The number of fused-ring (bicyclic) bond motifs is 3. The van der Waals surface area contributed by atoms with Crippen LogP contribution in [-0.4, -0.2) is 22.0 Å². The van der Waals surface area contributed by atoms with Crippen molar-refractivity contribution in [1.29, 1.82) is 0 Å². The van der Waals surface area contributed by atoms with Crippen LogP contribution in [0.25, 0.3) is 10.9 Å². The Morgan fingerprint density at radius 2 is 2.14 bits per heavy atom. The van der Waals surface area contributed by atoms with Crippen LogP contribution >= 0.6 is 0 Å². The van der Waals surface area contributed by atoms with E-state index in [1.165, 1.54) is 0 Å². The number of aromatic nitrogens is 2. The highest BCUT2D eigenvalue weighted by molar-refractivity contribution is 5.86. The molecule has 1 aliphatic heterocycles. The monoisotopic (exact) mass is 293 g/mol. The summed E-state index contributed by atoms with van der Waals surface area (Å²) in [5.41, 5.74) is 4.16. The molecule has 0 fully saturated rings. The van der Waals surface area contributed by atoms with Gasteiger partial charge in [-0.05, 0) is 23.8 Å². The molecule has 0 bridgehead atoms. The van der Waals surface area contributed by atoms with Crippen molar-refractivity contribution in [1.82, 2.24) is 9.97 Å². The Kier molecular flexibility index (Phi) is 2.94. The molecule has 0 amide bonds. The second kappa shape index (κ2) is 4.96. The number of nitrogens with one attached hydrogen (secondary N) is 1. The Morgan fingerprint density at radius 3 is 2.91 bits per heavy atom. The number of hydrogen-bond acceptors (Lipinski definition) is 3. The molecule has 22 heavy (non-hydrogen) atoms. The van der Waals surface area contributed by atoms with Gasteiger partial charge in [0.05, 0.1) is 11.7 Å². The molecule has 110 valence electrons. The van der Waals surface area contributed by atoms with Gasteiger partial charge in [0.15, 0.2) is 6.04 Å². The van der Waals surface area contributed by atoms with Crippen molar-refractivity contribution in [2.24, 2.45) is 0 Å². The van der Waals surface area contributed by atoms with Crippen LogP contribution in [0.4, 0.5) is 0 Å². The fourth-order valence-corrected chi connectivity index (χ4v) is 3.32. The number of rotatable bonds is 2. The average Bonchev–Trinajstić information content (AvgIpc) is 2.93. The summed E-state index contributed by atoms with van der Waals surface area (Å²) in [5, 5.41) is 14.4. The summed E-state index contributed by atoms with van der Waals surface area (Å²) in [4.78, 5) is 19.0. The molecule has 3 aromatic rings. The molecule has 0 unspecified atom stereocenters. The van der Waals surface area contributed by atoms with Gasteiger partial charge in [-0.2, -0.15) is 0 Å². The van der Waals surface area contributed by atoms with E-state index in [0.29, 0.717) is 6.42 Å². The predicted molar refractivity (Wildman–Crippen MR) is 78.8 cm³/mol. The Bertz CT molecular complexity index is 841. The Hall–Kier alpha value is -2.66. The van der Waals surface area contributed by atoms with E-state index < -0.39 is 12.0 Å². The van der Waals surface area contributed by atoms with E-state index in [1.807, 2.05) is 41.7 Å². The van der Waals surface area contributed by atoms with E-state index in [9.17, 15) is 9.90 Å². The van der Waals surface area contributed by atoms with Gasteiger partial charge in [-0.1, -0.05) is 18.2 Å². The first-order valence-electron chi connectivity index (χ1n) is 7.29. The third-order valence-electron chi connectivity index (χ3n) is 4.35. The van der Waals surface area contributed by atoms with Crippen LogP contribution in [0, 0.1) is 0 Å². The van der Waals surface area contributed by atoms with Crippen LogP contribution in [0.2, 0.25) is 0 Å². The zero-order chi connectivity index (χ0) is 15.1. The standard InChI is InChI=1S/C17H15N3O2/c21-17(22)14-8-12-11-5-1-2-6-13(11)19-16(12)15(20-14)10-4-3-7-18-9-10/h1-7,9,14-15,19-20H,8H2,(H,21,22)/t14-,15-/m0/s1. The zero-order valence-corrected chi connectivity index (χ0v) is 11.8. The van der Waals surface area contributed by atoms with Crippen molar-refractivity contribution in [3.63, 3.8) is 0 Å². The number of hydrogen-bond donors (Lipinski definition) is 2. The van der Waals surface area contributed by atoms with Gasteiger partial charge in [0.25, 0.3) is 0 Å². The molecule has 2 atom stereocenters. The predicted octanol–water partition coefficient (Wildman–Crippen LogP) is -0.110. The molecule has 1 aromatic carbocycles. The van der Waals surface area contributed by atoms with E-state index >= 15 is 0 Å². The highest BCUT2D eigenvalue weighted by Gasteiger charge is 2.34. The fourth-order valence-electron chi connectivity index (χ4n) is 3.32. The average molecular weight is 293 g/mol. The number of aromatic amines is 1. The summed E-state index contributed by atoms with van der Waals surface area (Å²) in [6, 6.07) is 11.1. The summed E-state index contributed by atoms with van der Waals surface area (Å²) >= 11 is 0. The number of para-hydroxylation sites is 1. The molecule has 3 N–H and O–H groups in total. The summed E-state index contributed by atoms with van der Waals surface area (Å²) in [7, 11) is 0. The maximum atomic E-state index is 11.4. The number of carboxylic acids is 1. The number of nitrogens with zero attached hydrogens (tertiary/aromatic N) is 1. The molecule has 1 aliphatic rings. The van der Waals surface area contributed by atoms with Gasteiger partial charge in [0.1, 0.15) is 6.04 Å². The van der Waals surface area contributed by atoms with Crippen LogP contribution in [0.3, 0.4) is 0 Å². The summed E-state index contributed by atoms with van der Waals surface area (Å²) in [6.07, 6.45) is 3.97. The molecule has 0 aliphatic carbocycles. The van der Waals surface area contributed by atoms with Gasteiger partial charge >= 0.3 is 0 Å². The Morgan fingerprint density at radius 1 is 1.27 bits per heavy atom. The minimum Gasteiger partial charge on any atom is -0.544 e. The molecule has 5 heteroatoms. The summed E-state index contributed by atoms with van der Waals surface area (Å²) in [5.74, 6) is -1.02. The van der Waals surface area contributed by atoms with Crippen molar-refractivity contribution in [3.8, 4) is 0 Å². The van der Waals surface area contributed by atoms with Crippen molar-refractivity contribution in [3.05, 3.63) is 65.6 Å². The second-order valence-electron chi connectivity index (χ2n) is 5.65. The third-order valence-corrected chi connectivity index (χ3v) is 4.35. The number of nitrogens with two attached hydrogens (primary N) is 1. The first-order valence-corrected chi connectivity index (χ1v) is 7.29. The van der Waals surface area contributed by atoms with Gasteiger partial charge < -0.3 is 20.2 Å². The smallest absolute Gasteiger partial charge is 0.154 e. The molecular weight excluding hydrogens is 278 g/mol. The van der Waals surface area contributed by atoms with Crippen molar-refractivity contribution in [2.45, 2.75) is 18.5 Å². The highest BCUT2D eigenvalue weighted by Crippen LogP contribution is 2.31. The number of benzene rings is 1. The minimum atomic E-state index is -1.02. The topological polar surface area (TPSA) is 85.4 Å². The molecule has 3 heterocycles. The normalized spacial score (nSPS) is 20.7. The van der Waals surface area contributed by atoms with Crippen LogP contribution in [-0.2, 0) is 11.2 Å². The molecule has 0 saturated carbocycles. The summed E-state index contributed by atoms with van der Waals surface area (Å²) in [6.45, 7) is 0. The van der Waals surface area contributed by atoms with Crippen molar-refractivity contribution >= 4 is 16.9 Å². The van der Waals surface area contributed by atoms with E-state index in [2.05, 4.69) is 9.97 Å². The number of pyridine rings is 1. The van der Waals surface area contributed by atoms with E-state index in [4.69, 9.17) is 0 Å². The number of carbonyl (C=O) groups excluding carboxylic acids is 1. The number of carboxylic acid groups (broad SMARTS) is 1. The minimum absolute atomic E-state index is 0.104. The van der Waals surface area contributed by atoms with Crippen LogP contribution < -0.4 is 10.4 Å². The largest absolute Gasteiger partial charge is 0.544 e. The maximum Gasteiger partial charge on any atom is 0.154 e. The molecule has 0 radical (unpaired) electrons. The number of aliphatic carboxylic acids is 1. The van der Waals surface area contributed by atoms with E-state index in [-0.39, 0.29) is 6.04 Å². The number of H-pyrrole nitrogens is 1. The molecule has 5 nitrogen and oxygen atoms in total. The third kappa shape index (κ3) is 1.98. The SMILES string of the molecule is O=C([O-])[C@@H]1Cc2c([nH]c3ccccc23)[C@H](c2cccnc2)[NH2+]1. The molecule has 0 saturated heterocycles. The van der Waals surface area contributed by atoms with Gasteiger partial charge in [-0.15, -0.1) is 0 Å². The van der Waals surface area contributed by atoms with Gasteiger partial charge in [0.2, 0.25) is 0 Å². The highest BCUT2D eigenvalue weighted by atomic mass is 16.4. The van der Waals surface area contributed by atoms with Crippen molar-refractivity contribution < 1.29 is 15.2 Å². The lowest BCUT2D eigenvalue weighted by Crippen LogP contribution is -2.95. The number of quaternary nitrogens is 1. The molecular formula is C17H15N3O2. The lowest BCUT2D eigenvalue weighted by atomic mass is 9.91. The first-order chi connectivity index (χ1) is 10.7. The van der Waals surface area contributed by atoms with E-state index in [0.717, 1.165) is 27.7 Å². The first kappa shape index (κ1) is 13.0. The fraction of sp³-hybridized carbons (Fsp3) is 0.176. The Labute approximate surface area is 127 Å². The van der Waals surface area contributed by atoms with Gasteiger partial charge in [-0.25, -0.2) is 0 Å². The summed E-state index contributed by atoms with van der Waals surface area (Å²) < 4.78 is 0. The van der Waals surface area contributed by atoms with Crippen LogP contribution in [0.5, 0.6) is 0 Å². The lowest BCUT2D eigenvalue weighted by Gasteiger charge is -2.28. The van der Waals surface area contributed by atoms with Crippen LogP contribution in [0.15, 0.2) is 48.8 Å². The van der Waals surface area contributed by atoms with Crippen molar-refractivity contribution in [2.75, 3.05) is 0 Å². The molecule has 0 spiro atoms. The van der Waals surface area contributed by atoms with Crippen LogP contribution in [0.1, 0.15) is 22.9 Å². The lowest BCUT2D eigenvalue weighted by molar-refractivity contribution is -0.717. The Balaban J connectivity index is 1.91. The van der Waals surface area contributed by atoms with Gasteiger partial charge in [-0.3, -0.25) is 4.98 Å². The van der Waals surface area contributed by atoms with Gasteiger partial charge in [0, 0.05) is 35.3 Å². The molecule has 4 rings (SSSR count). The maximum absolute atomic E-state index is 11.4. The quantitative estimate of drug-likeness (QED) is 0.691. The second-order valence-corrected chi connectivity index (χ2v) is 5.65.